The Balaban J connectivity index is 2.59. The molecule has 0 amide bonds. The molecule has 1 fully saturated rings. The number of hydrogen-bond donors (Lipinski definition) is 0. The predicted octanol–water partition coefficient (Wildman–Crippen LogP) is 4.17. The maximum absolute atomic E-state index is 2.46. The average Bonchev–Trinajstić information content (AvgIpc) is 2.07. The number of rotatable bonds is 2. The van der Waals surface area contributed by atoms with Crippen molar-refractivity contribution in [1.82, 2.24) is 0 Å². The van der Waals surface area contributed by atoms with Gasteiger partial charge in [-0.05, 0) is 30.6 Å². The van der Waals surface area contributed by atoms with Crippen molar-refractivity contribution in [2.45, 2.75) is 52.9 Å². The van der Waals surface area contributed by atoms with E-state index in [1.165, 1.54) is 32.1 Å². The van der Waals surface area contributed by atoms with Gasteiger partial charge < -0.3 is 0 Å². The lowest BCUT2D eigenvalue weighted by Crippen LogP contribution is -2.26. The van der Waals surface area contributed by atoms with Gasteiger partial charge in [0.25, 0.3) is 0 Å². The zero-order chi connectivity index (χ0) is 9.03. The molecule has 0 aliphatic heterocycles. The summed E-state index contributed by atoms with van der Waals surface area (Å²) >= 11 is 0. The van der Waals surface area contributed by atoms with E-state index < -0.39 is 0 Å². The molecule has 0 spiro atoms. The van der Waals surface area contributed by atoms with Crippen LogP contribution in [0.2, 0.25) is 0 Å². The number of hydrogen-bond acceptors (Lipinski definition) is 0. The van der Waals surface area contributed by atoms with E-state index in [9.17, 15) is 0 Å². The molecule has 0 aromatic carbocycles. The molecule has 1 saturated carbocycles. The van der Waals surface area contributed by atoms with Crippen LogP contribution in [0.5, 0.6) is 0 Å². The molecule has 12 heavy (non-hydrogen) atoms. The maximum Gasteiger partial charge on any atom is -0.0121 e. The fraction of sp³-hybridized carbons (Fsp3) is 0.833. The van der Waals surface area contributed by atoms with E-state index in [-0.39, 0.29) is 0 Å². The molecule has 70 valence electrons. The molecule has 0 N–H and O–H groups in total. The fourth-order valence-electron chi connectivity index (χ4n) is 2.17. The Hall–Kier alpha value is -0.260. The first-order chi connectivity index (χ1) is 5.69. The highest BCUT2D eigenvalue weighted by Gasteiger charge is 2.30. The van der Waals surface area contributed by atoms with Crippen molar-refractivity contribution in [2.24, 2.45) is 11.3 Å². The van der Waals surface area contributed by atoms with Crippen LogP contribution in [0.25, 0.3) is 0 Å². The molecule has 0 aromatic heterocycles. The Morgan fingerprint density at radius 3 is 2.75 bits per heavy atom. The van der Waals surface area contributed by atoms with Crippen molar-refractivity contribution < 1.29 is 0 Å². The quantitative estimate of drug-likeness (QED) is 0.540. The van der Waals surface area contributed by atoms with E-state index >= 15 is 0 Å². The maximum atomic E-state index is 2.46. The van der Waals surface area contributed by atoms with Crippen molar-refractivity contribution in [2.75, 3.05) is 0 Å². The standard InChI is InChI=1S/C12H22/c1-4-5-9-12(3)10-7-6-8-11(12)2/h5,9,11H,4,6-8,10H2,1-3H3. The molecule has 0 heteroatoms. The van der Waals surface area contributed by atoms with Gasteiger partial charge in [0.05, 0.1) is 0 Å². The van der Waals surface area contributed by atoms with Crippen LogP contribution in [-0.2, 0) is 0 Å². The van der Waals surface area contributed by atoms with E-state index in [0.29, 0.717) is 5.41 Å². The third kappa shape index (κ3) is 2.12. The monoisotopic (exact) mass is 166 g/mol. The summed E-state index contributed by atoms with van der Waals surface area (Å²) in [5.74, 6) is 0.883. The molecule has 0 heterocycles. The van der Waals surface area contributed by atoms with Crippen LogP contribution in [-0.4, -0.2) is 0 Å². The summed E-state index contributed by atoms with van der Waals surface area (Å²) in [7, 11) is 0. The largest absolute Gasteiger partial charge is 0.0883 e. The van der Waals surface area contributed by atoms with Crippen molar-refractivity contribution in [3.8, 4) is 0 Å². The Morgan fingerprint density at radius 1 is 1.42 bits per heavy atom. The van der Waals surface area contributed by atoms with Crippen LogP contribution in [0, 0.1) is 11.3 Å². The molecule has 2 unspecified atom stereocenters. The topological polar surface area (TPSA) is 0 Å². The fourth-order valence-corrected chi connectivity index (χ4v) is 2.17. The molecule has 2 atom stereocenters. The summed E-state index contributed by atoms with van der Waals surface area (Å²) < 4.78 is 0. The third-order valence-corrected chi connectivity index (χ3v) is 3.46. The highest BCUT2D eigenvalue weighted by molar-refractivity contribution is 5.01. The van der Waals surface area contributed by atoms with Gasteiger partial charge in [0.2, 0.25) is 0 Å². The van der Waals surface area contributed by atoms with Crippen molar-refractivity contribution >= 4 is 0 Å². The summed E-state index contributed by atoms with van der Waals surface area (Å²) in [6.45, 7) is 7.04. The normalized spacial score (nSPS) is 37.4. The Kier molecular flexibility index (Phi) is 3.37. The molecule has 0 radical (unpaired) electrons. The molecule has 0 saturated heterocycles. The van der Waals surface area contributed by atoms with Gasteiger partial charge in [0, 0.05) is 0 Å². The van der Waals surface area contributed by atoms with Gasteiger partial charge in [0.1, 0.15) is 0 Å². The minimum Gasteiger partial charge on any atom is -0.0883 e. The lowest BCUT2D eigenvalue weighted by molar-refractivity contribution is 0.189. The lowest BCUT2D eigenvalue weighted by Gasteiger charge is -2.37. The van der Waals surface area contributed by atoms with Crippen LogP contribution in [0.15, 0.2) is 12.2 Å². The molecule has 1 aliphatic carbocycles. The van der Waals surface area contributed by atoms with Crippen molar-refractivity contribution in [3.05, 3.63) is 12.2 Å². The Bertz CT molecular complexity index is 157. The second kappa shape index (κ2) is 4.11. The summed E-state index contributed by atoms with van der Waals surface area (Å²) in [6.07, 6.45) is 11.7. The highest BCUT2D eigenvalue weighted by atomic mass is 14.3. The van der Waals surface area contributed by atoms with Crippen LogP contribution in [0.3, 0.4) is 0 Å². The molecule has 0 aromatic rings. The first-order valence-corrected chi connectivity index (χ1v) is 5.37. The predicted molar refractivity (Wildman–Crippen MR) is 55.2 cm³/mol. The van der Waals surface area contributed by atoms with E-state index in [1.807, 2.05) is 0 Å². The number of allylic oxidation sites excluding steroid dienone is 2. The SMILES string of the molecule is CCC=CC1(C)CCCCC1C. The van der Waals surface area contributed by atoms with Gasteiger partial charge in [-0.25, -0.2) is 0 Å². The van der Waals surface area contributed by atoms with Gasteiger partial charge in [-0.3, -0.25) is 0 Å². The second-order valence-corrected chi connectivity index (χ2v) is 4.46. The van der Waals surface area contributed by atoms with E-state index in [4.69, 9.17) is 0 Å². The van der Waals surface area contributed by atoms with E-state index in [0.717, 1.165) is 5.92 Å². The van der Waals surface area contributed by atoms with Crippen LogP contribution in [0.1, 0.15) is 52.9 Å². The van der Waals surface area contributed by atoms with Gasteiger partial charge >= 0.3 is 0 Å². The van der Waals surface area contributed by atoms with E-state index in [1.54, 1.807) is 0 Å². The zero-order valence-corrected chi connectivity index (χ0v) is 8.77. The first kappa shape index (κ1) is 9.83. The van der Waals surface area contributed by atoms with Crippen molar-refractivity contribution in [3.63, 3.8) is 0 Å². The summed E-state index contributed by atoms with van der Waals surface area (Å²) in [5.41, 5.74) is 0.508. The molecular formula is C12H22. The lowest BCUT2D eigenvalue weighted by atomic mass is 9.68. The van der Waals surface area contributed by atoms with E-state index in [2.05, 4.69) is 32.9 Å². The molecule has 0 bridgehead atoms. The molecule has 1 aliphatic rings. The van der Waals surface area contributed by atoms with Crippen molar-refractivity contribution in [1.29, 1.82) is 0 Å². The van der Waals surface area contributed by atoms with Crippen LogP contribution in [0.4, 0.5) is 0 Å². The summed E-state index contributed by atoms with van der Waals surface area (Å²) in [4.78, 5) is 0. The summed E-state index contributed by atoms with van der Waals surface area (Å²) in [6, 6.07) is 0. The minimum atomic E-state index is 0.508. The minimum absolute atomic E-state index is 0.508. The highest BCUT2D eigenvalue weighted by Crippen LogP contribution is 2.41. The third-order valence-electron chi connectivity index (χ3n) is 3.46. The molecule has 1 rings (SSSR count). The van der Waals surface area contributed by atoms with Crippen LogP contribution >= 0.6 is 0 Å². The average molecular weight is 166 g/mol. The van der Waals surface area contributed by atoms with Gasteiger partial charge in [0.15, 0.2) is 0 Å². The van der Waals surface area contributed by atoms with Crippen LogP contribution < -0.4 is 0 Å². The van der Waals surface area contributed by atoms with Gasteiger partial charge in [-0.1, -0.05) is 45.8 Å². The van der Waals surface area contributed by atoms with Gasteiger partial charge in [-0.15, -0.1) is 0 Å². The zero-order valence-electron chi connectivity index (χ0n) is 8.77. The first-order valence-electron chi connectivity index (χ1n) is 5.37. The molecular weight excluding hydrogens is 144 g/mol. The molecule has 0 nitrogen and oxygen atoms in total. The summed E-state index contributed by atoms with van der Waals surface area (Å²) in [5, 5.41) is 0. The van der Waals surface area contributed by atoms with Gasteiger partial charge in [-0.2, -0.15) is 0 Å². The smallest absolute Gasteiger partial charge is 0.0121 e. The Labute approximate surface area is 77.1 Å². The Morgan fingerprint density at radius 2 is 2.17 bits per heavy atom. The second-order valence-electron chi connectivity index (χ2n) is 4.46.